The number of nitrogens with one attached hydrogen (secondary N) is 1. The van der Waals surface area contributed by atoms with Crippen LogP contribution in [0.1, 0.15) is 38.5 Å². The number of ether oxygens (including phenoxy) is 1. The van der Waals surface area contributed by atoms with Crippen molar-refractivity contribution in [2.75, 3.05) is 7.11 Å². The first-order valence-electron chi connectivity index (χ1n) is 5.49. The summed E-state index contributed by atoms with van der Waals surface area (Å²) in [5.41, 5.74) is 4.93. The lowest BCUT2D eigenvalue weighted by Gasteiger charge is -2.31. The van der Waals surface area contributed by atoms with Crippen LogP contribution in [-0.4, -0.2) is 29.8 Å². The summed E-state index contributed by atoms with van der Waals surface area (Å²) in [6.07, 6.45) is 4.90. The molecule has 0 saturated heterocycles. The second-order valence-corrected chi connectivity index (χ2v) is 4.10. The molecule has 0 heterocycles. The summed E-state index contributed by atoms with van der Waals surface area (Å²) >= 11 is 0. The maximum absolute atomic E-state index is 11.3. The Morgan fingerprint density at radius 3 is 2.38 bits per heavy atom. The Morgan fingerprint density at radius 2 is 1.94 bits per heavy atom. The van der Waals surface area contributed by atoms with Gasteiger partial charge in [0.15, 0.2) is 5.84 Å². The third-order valence-corrected chi connectivity index (χ3v) is 3.08. The second-order valence-electron chi connectivity index (χ2n) is 4.10. The van der Waals surface area contributed by atoms with E-state index in [2.05, 4.69) is 15.2 Å². The Hall–Kier alpha value is -1.46. The van der Waals surface area contributed by atoms with Crippen LogP contribution in [0.5, 0.6) is 0 Å². The summed E-state index contributed by atoms with van der Waals surface area (Å²) in [6, 6.07) is 0. The number of oxime groups is 1. The number of hydrogen-bond donors (Lipinski definition) is 3. The molecule has 0 aliphatic heterocycles. The van der Waals surface area contributed by atoms with Crippen LogP contribution >= 0.6 is 0 Å². The van der Waals surface area contributed by atoms with Gasteiger partial charge in [0.05, 0.1) is 7.11 Å². The van der Waals surface area contributed by atoms with Gasteiger partial charge in [-0.15, -0.1) is 0 Å². The van der Waals surface area contributed by atoms with Gasteiger partial charge in [-0.05, 0) is 12.8 Å². The van der Waals surface area contributed by atoms with Gasteiger partial charge in [-0.3, -0.25) is 0 Å². The smallest absolute Gasteiger partial charge is 0.407 e. The van der Waals surface area contributed by atoms with E-state index in [9.17, 15) is 4.79 Å². The number of carbonyl (C=O) groups is 1. The van der Waals surface area contributed by atoms with Gasteiger partial charge >= 0.3 is 6.09 Å². The molecule has 1 aliphatic rings. The van der Waals surface area contributed by atoms with Gasteiger partial charge in [0.2, 0.25) is 0 Å². The highest BCUT2D eigenvalue weighted by atomic mass is 16.5. The van der Waals surface area contributed by atoms with Gasteiger partial charge in [0, 0.05) is 0 Å². The average Bonchev–Trinajstić information content (AvgIpc) is 2.54. The number of rotatable bonds is 2. The minimum absolute atomic E-state index is 0.0554. The lowest BCUT2D eigenvalue weighted by Crippen LogP contribution is -2.57. The molecule has 1 amide bonds. The molecule has 1 rings (SSSR count). The number of nitrogens with two attached hydrogens (primary N) is 1. The van der Waals surface area contributed by atoms with E-state index in [-0.39, 0.29) is 5.84 Å². The Morgan fingerprint density at radius 1 is 1.38 bits per heavy atom. The van der Waals surface area contributed by atoms with E-state index in [1.165, 1.54) is 7.11 Å². The Labute approximate surface area is 94.8 Å². The fourth-order valence-electron chi connectivity index (χ4n) is 2.12. The summed E-state index contributed by atoms with van der Waals surface area (Å²) in [7, 11) is 1.30. The van der Waals surface area contributed by atoms with Crippen molar-refractivity contribution in [2.45, 2.75) is 44.1 Å². The van der Waals surface area contributed by atoms with E-state index in [0.29, 0.717) is 12.8 Å². The number of methoxy groups -OCH3 is 1. The number of carbonyl (C=O) groups excluding carboxylic acids is 1. The van der Waals surface area contributed by atoms with E-state index in [0.717, 1.165) is 25.7 Å². The second kappa shape index (κ2) is 5.58. The number of amidine groups is 1. The van der Waals surface area contributed by atoms with Gasteiger partial charge in [0.25, 0.3) is 0 Å². The first kappa shape index (κ1) is 12.6. The van der Waals surface area contributed by atoms with Crippen LogP contribution in [0.4, 0.5) is 4.79 Å². The monoisotopic (exact) mass is 229 g/mol. The lowest BCUT2D eigenvalue weighted by atomic mass is 9.89. The third kappa shape index (κ3) is 2.77. The maximum Gasteiger partial charge on any atom is 0.407 e. The molecular formula is C10H19N3O3. The number of nitrogens with zero attached hydrogens (tertiary/aromatic N) is 1. The van der Waals surface area contributed by atoms with Crippen molar-refractivity contribution in [2.24, 2.45) is 10.9 Å². The molecule has 0 spiro atoms. The predicted octanol–water partition coefficient (Wildman–Crippen LogP) is 1.18. The minimum Gasteiger partial charge on any atom is -0.453 e. The molecule has 0 atom stereocenters. The van der Waals surface area contributed by atoms with E-state index in [1.54, 1.807) is 0 Å². The van der Waals surface area contributed by atoms with Crippen molar-refractivity contribution in [3.8, 4) is 0 Å². The SMILES string of the molecule is COC(=O)NC1(/C(N)=N/O)CCCCCC1. The Kier molecular flexibility index (Phi) is 4.39. The van der Waals surface area contributed by atoms with Crippen molar-refractivity contribution >= 4 is 11.9 Å². The molecule has 4 N–H and O–H groups in total. The van der Waals surface area contributed by atoms with Gasteiger partial charge in [-0.1, -0.05) is 30.8 Å². The van der Waals surface area contributed by atoms with Crippen LogP contribution < -0.4 is 11.1 Å². The fourth-order valence-corrected chi connectivity index (χ4v) is 2.12. The largest absolute Gasteiger partial charge is 0.453 e. The van der Waals surface area contributed by atoms with Crippen molar-refractivity contribution in [3.63, 3.8) is 0 Å². The first-order chi connectivity index (χ1) is 7.64. The first-order valence-corrected chi connectivity index (χ1v) is 5.49. The van der Waals surface area contributed by atoms with Crippen LogP contribution in [0, 0.1) is 0 Å². The summed E-state index contributed by atoms with van der Waals surface area (Å²) in [4.78, 5) is 11.3. The molecular weight excluding hydrogens is 210 g/mol. The highest BCUT2D eigenvalue weighted by Gasteiger charge is 2.37. The quantitative estimate of drug-likeness (QED) is 0.218. The molecule has 1 fully saturated rings. The molecule has 0 bridgehead atoms. The van der Waals surface area contributed by atoms with E-state index >= 15 is 0 Å². The molecule has 0 radical (unpaired) electrons. The van der Waals surface area contributed by atoms with Crippen molar-refractivity contribution in [3.05, 3.63) is 0 Å². The summed E-state index contributed by atoms with van der Waals surface area (Å²) < 4.78 is 4.57. The third-order valence-electron chi connectivity index (χ3n) is 3.08. The highest BCUT2D eigenvalue weighted by Crippen LogP contribution is 2.27. The zero-order valence-electron chi connectivity index (χ0n) is 9.53. The Balaban J connectivity index is 2.85. The summed E-state index contributed by atoms with van der Waals surface area (Å²) in [5, 5.41) is 14.5. The minimum atomic E-state index is -0.752. The van der Waals surface area contributed by atoms with Crippen molar-refractivity contribution < 1.29 is 14.7 Å². The van der Waals surface area contributed by atoms with Crippen molar-refractivity contribution in [1.29, 1.82) is 0 Å². The molecule has 0 aromatic heterocycles. The Bertz CT molecular complexity index is 270. The lowest BCUT2D eigenvalue weighted by molar-refractivity contribution is 0.159. The fraction of sp³-hybridized carbons (Fsp3) is 0.800. The topological polar surface area (TPSA) is 96.9 Å². The van der Waals surface area contributed by atoms with E-state index < -0.39 is 11.6 Å². The maximum atomic E-state index is 11.3. The molecule has 0 aromatic carbocycles. The average molecular weight is 229 g/mol. The van der Waals surface area contributed by atoms with Crippen LogP contribution in [-0.2, 0) is 4.74 Å². The van der Waals surface area contributed by atoms with E-state index in [4.69, 9.17) is 10.9 Å². The van der Waals surface area contributed by atoms with E-state index in [1.807, 2.05) is 0 Å². The van der Waals surface area contributed by atoms with Gasteiger partial charge in [-0.25, -0.2) is 4.79 Å². The van der Waals surface area contributed by atoms with Crippen LogP contribution in [0.15, 0.2) is 5.16 Å². The standard InChI is InChI=1S/C10H19N3O3/c1-16-9(14)12-10(8(11)13-15)6-4-2-3-5-7-10/h15H,2-7H2,1H3,(H2,11,13)(H,12,14). The highest BCUT2D eigenvalue weighted by molar-refractivity contribution is 5.92. The zero-order valence-corrected chi connectivity index (χ0v) is 9.53. The molecule has 92 valence electrons. The number of amides is 1. The number of alkyl carbamates (subject to hydrolysis) is 1. The molecule has 6 nitrogen and oxygen atoms in total. The van der Waals surface area contributed by atoms with Crippen LogP contribution in [0.3, 0.4) is 0 Å². The zero-order chi connectivity index (χ0) is 12.0. The molecule has 1 saturated carbocycles. The molecule has 16 heavy (non-hydrogen) atoms. The summed E-state index contributed by atoms with van der Waals surface area (Å²) in [6.45, 7) is 0. The number of hydrogen-bond acceptors (Lipinski definition) is 4. The van der Waals surface area contributed by atoms with Gasteiger partial charge in [0.1, 0.15) is 5.54 Å². The summed E-state index contributed by atoms with van der Waals surface area (Å²) in [5.74, 6) is 0.0554. The molecule has 0 unspecified atom stereocenters. The predicted molar refractivity (Wildman–Crippen MR) is 59.4 cm³/mol. The molecule has 6 heteroatoms. The van der Waals surface area contributed by atoms with Gasteiger partial charge in [-0.2, -0.15) is 0 Å². The van der Waals surface area contributed by atoms with Gasteiger partial charge < -0.3 is 21.0 Å². The van der Waals surface area contributed by atoms with Crippen molar-refractivity contribution in [1.82, 2.24) is 5.32 Å². The van der Waals surface area contributed by atoms with Crippen LogP contribution in [0.25, 0.3) is 0 Å². The molecule has 1 aliphatic carbocycles. The normalized spacial score (nSPS) is 20.9. The van der Waals surface area contributed by atoms with Crippen LogP contribution in [0.2, 0.25) is 0 Å². The molecule has 0 aromatic rings.